The van der Waals surface area contributed by atoms with Crippen LogP contribution >= 0.6 is 24.0 Å². The van der Waals surface area contributed by atoms with Crippen molar-refractivity contribution in [2.75, 3.05) is 22.6 Å². The van der Waals surface area contributed by atoms with Crippen LogP contribution < -0.4 is 20.5 Å². The van der Waals surface area contributed by atoms with E-state index in [1.165, 1.54) is 57.8 Å². The molecule has 3 aromatic carbocycles. The third-order valence-electron chi connectivity index (χ3n) is 6.85. The maximum atomic E-state index is 12.4. The number of aryl methyl sites for hydroxylation is 1. The van der Waals surface area contributed by atoms with E-state index < -0.39 is 6.36 Å². The summed E-state index contributed by atoms with van der Waals surface area (Å²) in [5, 5.41) is 5.32. The van der Waals surface area contributed by atoms with E-state index in [0.29, 0.717) is 29.0 Å². The third-order valence-corrected chi connectivity index (χ3v) is 8.06. The minimum Gasteiger partial charge on any atom is -0.406 e. The summed E-state index contributed by atoms with van der Waals surface area (Å²) in [6.45, 7) is 4.68. The number of alkyl halides is 3. The number of aromatic nitrogens is 3. The topological polar surface area (TPSA) is 79.6 Å². The number of allylic oxidation sites excluding steroid dienone is 1. The second kappa shape index (κ2) is 11.8. The molecule has 1 atom stereocenters. The van der Waals surface area contributed by atoms with Crippen molar-refractivity contribution in [1.82, 2.24) is 20.2 Å². The number of hydrogen-bond acceptors (Lipinski definition) is 7. The molecule has 0 radical (unpaired) electrons. The highest BCUT2D eigenvalue weighted by Gasteiger charge is 2.33. The van der Waals surface area contributed by atoms with Gasteiger partial charge in [0.15, 0.2) is 11.0 Å². The molecule has 8 nitrogen and oxygen atoms in total. The van der Waals surface area contributed by atoms with Gasteiger partial charge in [0, 0.05) is 28.6 Å². The summed E-state index contributed by atoms with van der Waals surface area (Å²) < 4.78 is 42.6. The fourth-order valence-electron chi connectivity index (χ4n) is 4.85. The fourth-order valence-corrected chi connectivity index (χ4v) is 6.09. The highest BCUT2D eigenvalue weighted by molar-refractivity contribution is 8.14. The Balaban J connectivity index is 1.04. The van der Waals surface area contributed by atoms with Gasteiger partial charge in [-0.3, -0.25) is 4.90 Å². The van der Waals surface area contributed by atoms with Gasteiger partial charge in [0.25, 0.3) is 0 Å². The molecule has 0 bridgehead atoms. The average molecular weight is 622 g/mol. The minimum absolute atomic E-state index is 0.303. The number of benzene rings is 3. The van der Waals surface area contributed by atoms with Crippen molar-refractivity contribution in [3.05, 3.63) is 96.0 Å². The molecule has 0 saturated carbocycles. The number of fused-ring (bicyclic) bond motifs is 3. The van der Waals surface area contributed by atoms with Gasteiger partial charge >= 0.3 is 6.36 Å². The molecule has 1 fully saturated rings. The van der Waals surface area contributed by atoms with Crippen LogP contribution in [0.1, 0.15) is 24.0 Å². The predicted molar refractivity (Wildman–Crippen MR) is 168 cm³/mol. The summed E-state index contributed by atoms with van der Waals surface area (Å²) in [5.74, 6) is 1.40. The van der Waals surface area contributed by atoms with Gasteiger partial charge < -0.3 is 10.2 Å². The Bertz CT molecular complexity index is 1720. The van der Waals surface area contributed by atoms with Crippen molar-refractivity contribution >= 4 is 45.5 Å². The van der Waals surface area contributed by atoms with Crippen molar-refractivity contribution in [2.24, 2.45) is 4.99 Å². The van der Waals surface area contributed by atoms with Crippen LogP contribution in [0, 0.1) is 6.92 Å². The molecule has 13 heteroatoms. The van der Waals surface area contributed by atoms with Crippen LogP contribution in [-0.2, 0) is 0 Å². The van der Waals surface area contributed by atoms with Crippen LogP contribution in [-0.4, -0.2) is 43.6 Å². The Labute approximate surface area is 255 Å². The molecule has 220 valence electrons. The van der Waals surface area contributed by atoms with Gasteiger partial charge in [-0.25, -0.2) is 20.1 Å². The number of hydrogen-bond donors (Lipinski definition) is 2. The van der Waals surface area contributed by atoms with Crippen LogP contribution in [0.4, 0.5) is 24.5 Å². The molecule has 4 aromatic rings. The Morgan fingerprint density at radius 1 is 1.12 bits per heavy atom. The lowest BCUT2D eigenvalue weighted by molar-refractivity contribution is -0.274. The number of nitrogens with one attached hydrogen (secondary N) is 2. The molecular formula is C30H26F3N7OS2. The third kappa shape index (κ3) is 6.58. The summed E-state index contributed by atoms with van der Waals surface area (Å²) in [5.41, 5.74) is 13.3. The molecule has 2 aliphatic rings. The zero-order valence-electron chi connectivity index (χ0n) is 23.1. The number of thioether (sulfide) groups is 1. The lowest BCUT2D eigenvalue weighted by Gasteiger charge is -2.30. The average Bonchev–Trinajstić information content (AvgIpc) is 3.61. The fraction of sp³-hybridized carbons (Fsp3) is 0.200. The largest absolute Gasteiger partial charge is 0.573 e. The number of anilines is 2. The van der Waals surface area contributed by atoms with Crippen LogP contribution in [0.2, 0.25) is 0 Å². The number of nitrogens with zero attached hydrogens (tertiary/aromatic N) is 5. The van der Waals surface area contributed by atoms with E-state index in [9.17, 15) is 13.2 Å². The number of halogens is 3. The summed E-state index contributed by atoms with van der Waals surface area (Å²) in [6.07, 6.45) is -0.945. The predicted octanol–water partition coefficient (Wildman–Crippen LogP) is 7.00. The number of hydrazine groups is 1. The summed E-state index contributed by atoms with van der Waals surface area (Å²) >= 11 is 7.27. The molecule has 2 N–H and O–H groups in total. The van der Waals surface area contributed by atoms with Crippen molar-refractivity contribution in [2.45, 2.75) is 26.1 Å². The molecule has 2 aliphatic heterocycles. The Hall–Kier alpha value is -4.20. The highest BCUT2D eigenvalue weighted by Crippen LogP contribution is 2.43. The summed E-state index contributed by atoms with van der Waals surface area (Å²) in [7, 11) is 0. The quantitative estimate of drug-likeness (QED) is 0.169. The molecule has 6 rings (SSSR count). The molecule has 1 saturated heterocycles. The van der Waals surface area contributed by atoms with Gasteiger partial charge in [-0.05, 0) is 72.6 Å². The maximum absolute atomic E-state index is 12.4. The first-order chi connectivity index (χ1) is 20.6. The molecule has 1 unspecified atom stereocenters. The second-order valence-electron chi connectivity index (χ2n) is 10.0. The SMILES string of the molecule is Cc1ccc2c(c1)N1C(=CC2C)CS/C1=N\C(=S)CNNc1ccc(-c2ncn(-c3ccc(OC(F)(F)F)cc3)n2)cc1. The normalized spacial score (nSPS) is 17.0. The van der Waals surface area contributed by atoms with E-state index in [1.807, 2.05) is 24.3 Å². The molecule has 43 heavy (non-hydrogen) atoms. The van der Waals surface area contributed by atoms with Gasteiger partial charge in [0.2, 0.25) is 0 Å². The molecule has 3 heterocycles. The van der Waals surface area contributed by atoms with Crippen molar-refractivity contribution in [3.63, 3.8) is 0 Å². The number of ether oxygens (including phenoxy) is 1. The first-order valence-corrected chi connectivity index (χ1v) is 14.8. The Kier molecular flexibility index (Phi) is 7.95. The van der Waals surface area contributed by atoms with Gasteiger partial charge in [-0.2, -0.15) is 0 Å². The Morgan fingerprint density at radius 3 is 2.63 bits per heavy atom. The molecule has 0 amide bonds. The van der Waals surface area contributed by atoms with E-state index in [4.69, 9.17) is 17.2 Å². The monoisotopic (exact) mass is 621 g/mol. The number of aliphatic imine (C=N–C) groups is 1. The number of thiocarbonyl (C=S) groups is 1. The molecule has 0 aliphatic carbocycles. The maximum Gasteiger partial charge on any atom is 0.573 e. The second-order valence-corrected chi connectivity index (χ2v) is 11.4. The van der Waals surface area contributed by atoms with Crippen molar-refractivity contribution < 1.29 is 17.9 Å². The smallest absolute Gasteiger partial charge is 0.406 e. The van der Waals surface area contributed by atoms with Crippen molar-refractivity contribution in [3.8, 4) is 22.8 Å². The number of amidine groups is 1. The lowest BCUT2D eigenvalue weighted by atomic mass is 9.93. The summed E-state index contributed by atoms with van der Waals surface area (Å²) in [4.78, 5) is 11.8. The van der Waals surface area contributed by atoms with Crippen LogP contribution in [0.25, 0.3) is 17.1 Å². The standard InChI is InChI=1S/C30H26F3N7OS2/c1-18-3-12-25-19(2)14-23-16-43-29(40(23)26(25)13-18)36-27(42)15-35-37-21-6-4-20(5-7-21)28-34-17-39(38-28)22-8-10-24(11-9-22)41-30(31,32)33/h3-14,17,19,35,37H,15-16H2,1-2H3/b36-29-. The first kappa shape index (κ1) is 28.9. The van der Waals surface area contributed by atoms with E-state index >= 15 is 0 Å². The zero-order valence-corrected chi connectivity index (χ0v) is 24.7. The van der Waals surface area contributed by atoms with Gasteiger partial charge in [0.05, 0.1) is 17.9 Å². The van der Waals surface area contributed by atoms with Crippen LogP contribution in [0.5, 0.6) is 5.75 Å². The molecule has 1 aromatic heterocycles. The van der Waals surface area contributed by atoms with E-state index in [2.05, 4.69) is 68.7 Å². The highest BCUT2D eigenvalue weighted by atomic mass is 32.2. The first-order valence-electron chi connectivity index (χ1n) is 13.4. The van der Waals surface area contributed by atoms with Gasteiger partial charge in [0.1, 0.15) is 17.1 Å². The van der Waals surface area contributed by atoms with Crippen LogP contribution in [0.15, 0.2) is 89.8 Å². The van der Waals surface area contributed by atoms with E-state index in [0.717, 1.165) is 22.2 Å². The molecule has 0 spiro atoms. The summed E-state index contributed by atoms with van der Waals surface area (Å²) in [6, 6.07) is 19.4. The number of rotatable bonds is 7. The van der Waals surface area contributed by atoms with Gasteiger partial charge in [-0.1, -0.05) is 49.1 Å². The van der Waals surface area contributed by atoms with Gasteiger partial charge in [-0.15, -0.1) is 18.3 Å². The van der Waals surface area contributed by atoms with E-state index in [1.54, 1.807) is 11.8 Å². The zero-order chi connectivity index (χ0) is 30.1. The van der Waals surface area contributed by atoms with E-state index in [-0.39, 0.29) is 5.75 Å². The lowest BCUT2D eigenvalue weighted by Crippen LogP contribution is -2.30. The van der Waals surface area contributed by atoms with Crippen LogP contribution in [0.3, 0.4) is 0 Å². The van der Waals surface area contributed by atoms with Crippen molar-refractivity contribution in [1.29, 1.82) is 0 Å². The Morgan fingerprint density at radius 2 is 1.88 bits per heavy atom. The molecular weight excluding hydrogens is 596 g/mol. The minimum atomic E-state index is -4.74.